The van der Waals surface area contributed by atoms with Crippen molar-refractivity contribution in [2.24, 2.45) is 14.1 Å². The van der Waals surface area contributed by atoms with Crippen LogP contribution in [0.3, 0.4) is 0 Å². The van der Waals surface area contributed by atoms with Crippen LogP contribution < -0.4 is 16.6 Å². The molecule has 0 aliphatic carbocycles. The van der Waals surface area contributed by atoms with Crippen molar-refractivity contribution < 1.29 is 4.79 Å². The van der Waals surface area contributed by atoms with Crippen molar-refractivity contribution in [3.8, 4) is 0 Å². The van der Waals surface area contributed by atoms with Gasteiger partial charge in [-0.1, -0.05) is 30.3 Å². The van der Waals surface area contributed by atoms with Gasteiger partial charge in [0.25, 0.3) is 5.56 Å². The summed E-state index contributed by atoms with van der Waals surface area (Å²) in [4.78, 5) is 35.4. The maximum absolute atomic E-state index is 12.0. The lowest BCUT2D eigenvalue weighted by Gasteiger charge is -2.04. The number of benzene rings is 1. The van der Waals surface area contributed by atoms with Crippen molar-refractivity contribution in [1.82, 2.24) is 14.5 Å². The second-order valence-corrected chi connectivity index (χ2v) is 6.61. The van der Waals surface area contributed by atoms with E-state index in [9.17, 15) is 14.4 Å². The highest BCUT2D eigenvalue weighted by Gasteiger charge is 2.04. The normalized spacial score (nSPS) is 11.0. The molecule has 0 fully saturated rings. The standard InChI is InChI=1S/C18H21N3O3S/c1-20-12-15(17(23)21(2)18(20)24)8-9-16(22)19-10-11-25-13-14-6-4-3-5-7-14/h3-9,12H,10-11,13H2,1-2H3,(H,19,22)/b9-8+. The first-order valence-corrected chi connectivity index (χ1v) is 8.99. The number of aromatic nitrogens is 2. The molecule has 7 heteroatoms. The fourth-order valence-electron chi connectivity index (χ4n) is 2.19. The largest absolute Gasteiger partial charge is 0.352 e. The average Bonchev–Trinajstić information content (AvgIpc) is 2.62. The van der Waals surface area contributed by atoms with Crippen LogP contribution in [0.4, 0.5) is 0 Å². The monoisotopic (exact) mass is 359 g/mol. The van der Waals surface area contributed by atoms with E-state index >= 15 is 0 Å². The molecular formula is C18H21N3O3S. The van der Waals surface area contributed by atoms with E-state index in [-0.39, 0.29) is 5.91 Å². The van der Waals surface area contributed by atoms with E-state index in [0.29, 0.717) is 12.1 Å². The van der Waals surface area contributed by atoms with Crippen LogP contribution in [0.25, 0.3) is 6.08 Å². The zero-order valence-corrected chi connectivity index (χ0v) is 15.1. The second-order valence-electron chi connectivity index (χ2n) is 5.50. The summed E-state index contributed by atoms with van der Waals surface area (Å²) in [5.74, 6) is 1.44. The van der Waals surface area contributed by atoms with Gasteiger partial charge in [-0.05, 0) is 11.6 Å². The van der Waals surface area contributed by atoms with Gasteiger partial charge in [0, 0.05) is 44.4 Å². The number of thioether (sulfide) groups is 1. The Morgan fingerprint density at radius 3 is 2.64 bits per heavy atom. The summed E-state index contributed by atoms with van der Waals surface area (Å²) in [5.41, 5.74) is 0.718. The first-order chi connectivity index (χ1) is 12.0. The number of carbonyl (C=O) groups is 1. The minimum Gasteiger partial charge on any atom is -0.352 e. The summed E-state index contributed by atoms with van der Waals surface area (Å²) in [6.45, 7) is 0.548. The average molecular weight is 359 g/mol. The van der Waals surface area contributed by atoms with Crippen LogP contribution in [-0.4, -0.2) is 27.3 Å². The van der Waals surface area contributed by atoms with Crippen LogP contribution in [0.2, 0.25) is 0 Å². The van der Waals surface area contributed by atoms with Crippen LogP contribution in [0, 0.1) is 0 Å². The number of aryl methyl sites for hydroxylation is 1. The number of nitrogens with zero attached hydrogens (tertiary/aromatic N) is 2. The van der Waals surface area contributed by atoms with Crippen LogP contribution >= 0.6 is 11.8 Å². The highest BCUT2D eigenvalue weighted by atomic mass is 32.2. The molecule has 0 radical (unpaired) electrons. The summed E-state index contributed by atoms with van der Waals surface area (Å²) in [6, 6.07) is 10.1. The Kier molecular flexibility index (Phi) is 6.82. The number of carbonyl (C=O) groups excluding carboxylic acids is 1. The molecule has 0 aliphatic rings. The number of rotatable bonds is 7. The number of hydrogen-bond donors (Lipinski definition) is 1. The van der Waals surface area contributed by atoms with E-state index in [0.717, 1.165) is 16.1 Å². The van der Waals surface area contributed by atoms with Gasteiger partial charge in [-0.25, -0.2) is 4.79 Å². The molecule has 2 rings (SSSR count). The molecule has 1 aromatic carbocycles. The highest BCUT2D eigenvalue weighted by Crippen LogP contribution is 2.10. The van der Waals surface area contributed by atoms with Crippen molar-refractivity contribution in [3.05, 3.63) is 74.6 Å². The molecule has 1 heterocycles. The topological polar surface area (TPSA) is 73.1 Å². The molecule has 0 unspecified atom stereocenters. The van der Waals surface area contributed by atoms with Crippen molar-refractivity contribution >= 4 is 23.7 Å². The molecular weight excluding hydrogens is 338 g/mol. The van der Waals surface area contributed by atoms with Gasteiger partial charge < -0.3 is 9.88 Å². The molecule has 1 aromatic heterocycles. The van der Waals surface area contributed by atoms with Crippen molar-refractivity contribution in [2.75, 3.05) is 12.3 Å². The zero-order valence-electron chi connectivity index (χ0n) is 14.3. The summed E-state index contributed by atoms with van der Waals surface area (Å²) >= 11 is 1.74. The lowest BCUT2D eigenvalue weighted by Crippen LogP contribution is -2.37. The Bertz CT molecular complexity index is 869. The van der Waals surface area contributed by atoms with E-state index < -0.39 is 11.2 Å². The van der Waals surface area contributed by atoms with E-state index in [2.05, 4.69) is 17.4 Å². The Morgan fingerprint density at radius 1 is 1.20 bits per heavy atom. The second kappa shape index (κ2) is 9.08. The van der Waals surface area contributed by atoms with E-state index in [1.54, 1.807) is 18.8 Å². The Hall–Kier alpha value is -2.54. The Morgan fingerprint density at radius 2 is 1.92 bits per heavy atom. The zero-order chi connectivity index (χ0) is 18.2. The maximum atomic E-state index is 12.0. The summed E-state index contributed by atoms with van der Waals surface area (Å²) < 4.78 is 2.32. The first-order valence-electron chi connectivity index (χ1n) is 7.83. The van der Waals surface area contributed by atoms with Crippen LogP contribution in [0.1, 0.15) is 11.1 Å². The molecule has 0 atom stereocenters. The van der Waals surface area contributed by atoms with Gasteiger partial charge in [-0.2, -0.15) is 11.8 Å². The summed E-state index contributed by atoms with van der Waals surface area (Å²) in [6.07, 6.45) is 4.15. The molecule has 1 amide bonds. The van der Waals surface area contributed by atoms with Gasteiger partial charge in [0.1, 0.15) is 0 Å². The molecule has 0 aliphatic heterocycles. The third-order valence-electron chi connectivity index (χ3n) is 3.54. The van der Waals surface area contributed by atoms with E-state index in [1.165, 1.54) is 35.5 Å². The highest BCUT2D eigenvalue weighted by molar-refractivity contribution is 7.98. The molecule has 0 saturated heterocycles. The van der Waals surface area contributed by atoms with Crippen molar-refractivity contribution in [2.45, 2.75) is 5.75 Å². The summed E-state index contributed by atoms with van der Waals surface area (Å²) in [5, 5.41) is 2.78. The lowest BCUT2D eigenvalue weighted by atomic mass is 10.2. The SMILES string of the molecule is Cn1cc(/C=C/C(=O)NCCSCc2ccccc2)c(=O)n(C)c1=O. The Labute approximate surface area is 150 Å². The smallest absolute Gasteiger partial charge is 0.330 e. The number of nitrogens with one attached hydrogen (secondary N) is 1. The fourth-order valence-corrected chi connectivity index (χ4v) is 3.00. The molecule has 6 nitrogen and oxygen atoms in total. The number of amides is 1. The fraction of sp³-hybridized carbons (Fsp3) is 0.278. The molecule has 0 spiro atoms. The minimum absolute atomic E-state index is 0.267. The van der Waals surface area contributed by atoms with E-state index in [4.69, 9.17) is 0 Å². The molecule has 25 heavy (non-hydrogen) atoms. The first kappa shape index (κ1) is 18.8. The van der Waals surface area contributed by atoms with Gasteiger partial charge in [0.15, 0.2) is 0 Å². The van der Waals surface area contributed by atoms with Crippen LogP contribution in [0.5, 0.6) is 0 Å². The number of hydrogen-bond acceptors (Lipinski definition) is 4. The molecule has 1 N–H and O–H groups in total. The molecule has 0 saturated carbocycles. The van der Waals surface area contributed by atoms with Crippen molar-refractivity contribution in [1.29, 1.82) is 0 Å². The predicted molar refractivity (Wildman–Crippen MR) is 102 cm³/mol. The lowest BCUT2D eigenvalue weighted by molar-refractivity contribution is -0.116. The van der Waals surface area contributed by atoms with Crippen LogP contribution in [0.15, 0.2) is 52.2 Å². The maximum Gasteiger partial charge on any atom is 0.330 e. The Balaban J connectivity index is 1.80. The predicted octanol–water partition coefficient (Wildman–Crippen LogP) is 1.15. The molecule has 132 valence electrons. The van der Waals surface area contributed by atoms with Gasteiger partial charge in [-0.15, -0.1) is 0 Å². The molecule has 0 bridgehead atoms. The van der Waals surface area contributed by atoms with Gasteiger partial charge >= 0.3 is 5.69 Å². The third-order valence-corrected chi connectivity index (χ3v) is 4.57. The van der Waals surface area contributed by atoms with Crippen molar-refractivity contribution in [3.63, 3.8) is 0 Å². The quantitative estimate of drug-likeness (QED) is 0.594. The third kappa shape index (κ3) is 5.49. The molecule has 2 aromatic rings. The van der Waals surface area contributed by atoms with Gasteiger partial charge in [-0.3, -0.25) is 14.2 Å². The van der Waals surface area contributed by atoms with Crippen LogP contribution in [-0.2, 0) is 24.6 Å². The van der Waals surface area contributed by atoms with Gasteiger partial charge in [0.05, 0.1) is 5.56 Å². The van der Waals surface area contributed by atoms with Gasteiger partial charge in [0.2, 0.25) is 5.91 Å². The minimum atomic E-state index is -0.425. The summed E-state index contributed by atoms with van der Waals surface area (Å²) in [7, 11) is 2.97. The van der Waals surface area contributed by atoms with E-state index in [1.807, 2.05) is 18.2 Å².